The van der Waals surface area contributed by atoms with E-state index in [2.05, 4.69) is 26.5 Å². The first kappa shape index (κ1) is 9.41. The zero-order chi connectivity index (χ0) is 11.9. The highest BCUT2D eigenvalue weighted by Gasteiger charge is 2.07. The minimum atomic E-state index is 0.947. The van der Waals surface area contributed by atoms with E-state index in [4.69, 9.17) is 0 Å². The molecule has 0 saturated carbocycles. The van der Waals surface area contributed by atoms with Crippen molar-refractivity contribution in [2.75, 3.05) is 0 Å². The molecule has 18 heavy (non-hydrogen) atoms. The van der Waals surface area contributed by atoms with Crippen molar-refractivity contribution in [3.05, 3.63) is 61.2 Å². The number of hydrogen-bond acceptors (Lipinski definition) is 2. The number of benzene rings is 1. The van der Waals surface area contributed by atoms with Crippen LogP contribution in [0.5, 0.6) is 0 Å². The van der Waals surface area contributed by atoms with Gasteiger partial charge in [0.25, 0.3) is 0 Å². The molecule has 0 fully saturated rings. The monoisotopic (exact) mass is 234 g/mol. The van der Waals surface area contributed by atoms with Gasteiger partial charge in [0, 0.05) is 12.4 Å². The Morgan fingerprint density at radius 1 is 0.944 bits per heavy atom. The van der Waals surface area contributed by atoms with Gasteiger partial charge in [0.2, 0.25) is 0 Å². The zero-order valence-electron chi connectivity index (χ0n) is 9.56. The van der Waals surface area contributed by atoms with Crippen LogP contribution in [0.25, 0.3) is 22.5 Å². The largest absolute Gasteiger partial charge is 0.292 e. The minimum absolute atomic E-state index is 0.947. The van der Waals surface area contributed by atoms with Gasteiger partial charge in [-0.25, -0.2) is 9.97 Å². The Balaban J connectivity index is 2.21. The lowest BCUT2D eigenvalue weighted by Crippen LogP contribution is -1.99. The van der Waals surface area contributed by atoms with E-state index in [-0.39, 0.29) is 0 Å². The molecule has 0 radical (unpaired) electrons. The molecule has 0 aliphatic carbocycles. The molecule has 0 aliphatic heterocycles. The van der Waals surface area contributed by atoms with Gasteiger partial charge >= 0.3 is 0 Å². The quantitative estimate of drug-likeness (QED) is 0.507. The summed E-state index contributed by atoms with van der Waals surface area (Å²) in [6.07, 6.45) is 5.51. The highest BCUT2D eigenvalue weighted by atomic mass is 15.2. The predicted octanol–water partition coefficient (Wildman–Crippen LogP) is 2.67. The van der Waals surface area contributed by atoms with Crippen LogP contribution in [0.2, 0.25) is 0 Å². The molecule has 4 nitrogen and oxygen atoms in total. The number of para-hydroxylation sites is 2. The summed E-state index contributed by atoms with van der Waals surface area (Å²) < 4.78 is 4.12. The van der Waals surface area contributed by atoms with Crippen LogP contribution in [-0.2, 0) is 0 Å². The number of imidazole rings is 2. The van der Waals surface area contributed by atoms with Gasteiger partial charge in [0.1, 0.15) is 17.8 Å². The van der Waals surface area contributed by atoms with Crippen LogP contribution >= 0.6 is 0 Å². The highest BCUT2D eigenvalue weighted by Crippen LogP contribution is 2.20. The average Bonchev–Trinajstić information content (AvgIpc) is 3.05. The van der Waals surface area contributed by atoms with Gasteiger partial charge in [-0.2, -0.15) is 0 Å². The number of rotatable bonds is 1. The maximum Gasteiger partial charge on any atom is 0.139 e. The number of hydrogen-bond donors (Lipinski definition) is 0. The number of aromatic nitrogens is 4. The molecule has 3 aromatic heterocycles. The lowest BCUT2D eigenvalue weighted by molar-refractivity contribution is 0.969. The molecule has 0 N–H and O–H groups in total. The second kappa shape index (κ2) is 3.43. The summed E-state index contributed by atoms with van der Waals surface area (Å²) in [6.45, 7) is 0. The third-order valence-electron chi connectivity index (χ3n) is 3.08. The molecule has 1 aromatic carbocycles. The van der Waals surface area contributed by atoms with E-state index in [0.29, 0.717) is 0 Å². The van der Waals surface area contributed by atoms with E-state index in [0.717, 1.165) is 22.5 Å². The fourth-order valence-corrected chi connectivity index (χ4v) is 2.29. The molecule has 0 amide bonds. The summed E-state index contributed by atoms with van der Waals surface area (Å²) in [7, 11) is 0. The Labute approximate surface area is 103 Å². The van der Waals surface area contributed by atoms with Crippen molar-refractivity contribution >= 4 is 16.7 Å². The topological polar surface area (TPSA) is 35.1 Å². The Kier molecular flexibility index (Phi) is 1.80. The van der Waals surface area contributed by atoms with Crippen LogP contribution < -0.4 is 0 Å². The number of pyridine rings is 1. The lowest BCUT2D eigenvalue weighted by Gasteiger charge is -2.06. The molecule has 4 aromatic rings. The Hall–Kier alpha value is -2.62. The van der Waals surface area contributed by atoms with Crippen molar-refractivity contribution in [1.82, 2.24) is 18.9 Å². The van der Waals surface area contributed by atoms with E-state index in [9.17, 15) is 0 Å². The van der Waals surface area contributed by atoms with Gasteiger partial charge in [0.15, 0.2) is 0 Å². The van der Waals surface area contributed by atoms with Crippen LogP contribution in [0.4, 0.5) is 0 Å². The van der Waals surface area contributed by atoms with Crippen LogP contribution in [-0.4, -0.2) is 18.9 Å². The third-order valence-corrected chi connectivity index (χ3v) is 3.08. The molecular formula is C14H10N4. The molecule has 86 valence electrons. The molecule has 0 saturated heterocycles. The minimum Gasteiger partial charge on any atom is -0.292 e. The van der Waals surface area contributed by atoms with E-state index in [1.165, 1.54) is 0 Å². The molecule has 3 heterocycles. The van der Waals surface area contributed by atoms with Gasteiger partial charge in [0.05, 0.1) is 11.0 Å². The van der Waals surface area contributed by atoms with Crippen LogP contribution in [0.3, 0.4) is 0 Å². The fourth-order valence-electron chi connectivity index (χ4n) is 2.29. The van der Waals surface area contributed by atoms with Gasteiger partial charge in [-0.05, 0) is 24.3 Å². The zero-order valence-corrected chi connectivity index (χ0v) is 9.56. The van der Waals surface area contributed by atoms with Crippen molar-refractivity contribution < 1.29 is 0 Å². The molecule has 0 aliphatic rings. The Morgan fingerprint density at radius 2 is 1.89 bits per heavy atom. The van der Waals surface area contributed by atoms with E-state index < -0.39 is 0 Å². The average molecular weight is 234 g/mol. The Morgan fingerprint density at radius 3 is 2.78 bits per heavy atom. The first-order valence-corrected chi connectivity index (χ1v) is 5.78. The second-order valence-corrected chi connectivity index (χ2v) is 4.15. The first-order valence-electron chi connectivity index (χ1n) is 5.78. The molecule has 0 unspecified atom stereocenters. The Bertz CT molecular complexity index is 827. The molecule has 0 atom stereocenters. The maximum atomic E-state index is 4.61. The van der Waals surface area contributed by atoms with Gasteiger partial charge in [-0.1, -0.05) is 18.2 Å². The van der Waals surface area contributed by atoms with Crippen molar-refractivity contribution in [2.24, 2.45) is 0 Å². The maximum absolute atomic E-state index is 4.61. The summed E-state index contributed by atoms with van der Waals surface area (Å²) in [5.74, 6) is 1.04. The molecule has 4 heteroatoms. The van der Waals surface area contributed by atoms with Gasteiger partial charge in [-0.15, -0.1) is 0 Å². The smallest absolute Gasteiger partial charge is 0.139 e. The molecule has 0 spiro atoms. The summed E-state index contributed by atoms with van der Waals surface area (Å²) in [5.41, 5.74) is 3.06. The van der Waals surface area contributed by atoms with Crippen molar-refractivity contribution in [2.45, 2.75) is 0 Å². The molecule has 0 bridgehead atoms. The van der Waals surface area contributed by atoms with Crippen molar-refractivity contribution in [1.29, 1.82) is 0 Å². The van der Waals surface area contributed by atoms with Gasteiger partial charge < -0.3 is 0 Å². The fraction of sp³-hybridized carbons (Fsp3) is 0. The molecule has 4 rings (SSSR count). The van der Waals surface area contributed by atoms with Crippen LogP contribution in [0, 0.1) is 0 Å². The molecular weight excluding hydrogens is 224 g/mol. The lowest BCUT2D eigenvalue weighted by atomic mass is 10.3. The van der Waals surface area contributed by atoms with Crippen molar-refractivity contribution in [3.8, 4) is 5.82 Å². The van der Waals surface area contributed by atoms with Gasteiger partial charge in [-0.3, -0.25) is 8.97 Å². The highest BCUT2D eigenvalue weighted by molar-refractivity contribution is 5.81. The van der Waals surface area contributed by atoms with E-state index >= 15 is 0 Å². The van der Waals surface area contributed by atoms with Crippen LogP contribution in [0.15, 0.2) is 61.2 Å². The third kappa shape index (κ3) is 1.20. The van der Waals surface area contributed by atoms with E-state index in [1.54, 1.807) is 12.5 Å². The summed E-state index contributed by atoms with van der Waals surface area (Å²) in [4.78, 5) is 8.71. The van der Waals surface area contributed by atoms with E-state index in [1.807, 2.05) is 41.1 Å². The second-order valence-electron chi connectivity index (χ2n) is 4.15. The summed E-state index contributed by atoms with van der Waals surface area (Å²) in [5, 5.41) is 0. The predicted molar refractivity (Wildman–Crippen MR) is 69.8 cm³/mol. The number of nitrogens with zero attached hydrogens (tertiary/aromatic N) is 4. The standard InChI is InChI=1S/C14H10N4/c1-2-5-12-11(4-1)16-13-6-3-7-14(18(12)13)17-9-8-15-10-17/h1-10H. The SMILES string of the molecule is c1ccc2c(c1)nc1cccc(-n3ccnc3)n12. The van der Waals surface area contributed by atoms with Crippen LogP contribution in [0.1, 0.15) is 0 Å². The number of fused-ring (bicyclic) bond motifs is 3. The summed E-state index contributed by atoms with van der Waals surface area (Å²) in [6, 6.07) is 14.2. The summed E-state index contributed by atoms with van der Waals surface area (Å²) >= 11 is 0. The normalized spacial score (nSPS) is 11.3. The van der Waals surface area contributed by atoms with Crippen molar-refractivity contribution in [3.63, 3.8) is 0 Å². The first-order chi connectivity index (χ1) is 8.93.